The van der Waals surface area contributed by atoms with Crippen molar-refractivity contribution < 1.29 is 9.21 Å². The van der Waals surface area contributed by atoms with Crippen LogP contribution < -0.4 is 10.6 Å². The number of halogens is 1. The molecule has 0 fully saturated rings. The second kappa shape index (κ2) is 6.34. The van der Waals surface area contributed by atoms with Crippen molar-refractivity contribution in [3.8, 4) is 0 Å². The van der Waals surface area contributed by atoms with Crippen LogP contribution in [0.3, 0.4) is 0 Å². The third-order valence-corrected chi connectivity index (χ3v) is 4.42. The summed E-state index contributed by atoms with van der Waals surface area (Å²) in [7, 11) is 0. The molecule has 0 radical (unpaired) electrons. The van der Waals surface area contributed by atoms with Crippen molar-refractivity contribution in [2.45, 2.75) is 19.9 Å². The number of furan rings is 1. The van der Waals surface area contributed by atoms with Gasteiger partial charge in [-0.3, -0.25) is 4.79 Å². The normalized spacial score (nSPS) is 16.2. The van der Waals surface area contributed by atoms with Crippen LogP contribution >= 0.6 is 11.6 Å². The Morgan fingerprint density at radius 2 is 2.00 bits per heavy atom. The Morgan fingerprint density at radius 3 is 2.69 bits per heavy atom. The largest absolute Gasteiger partial charge is 0.464 e. The molecule has 0 aliphatic carbocycles. The zero-order valence-corrected chi connectivity index (χ0v) is 14.9. The lowest BCUT2D eigenvalue weighted by Crippen LogP contribution is -2.31. The van der Waals surface area contributed by atoms with Crippen LogP contribution in [0.15, 0.2) is 58.4 Å². The summed E-state index contributed by atoms with van der Waals surface area (Å²) in [5, 5.41) is 10.9. The van der Waals surface area contributed by atoms with Crippen molar-refractivity contribution in [2.75, 3.05) is 10.6 Å². The molecule has 2 N–H and O–H groups in total. The lowest BCUT2D eigenvalue weighted by atomic mass is 10.00. The number of benzene rings is 1. The molecule has 1 aliphatic heterocycles. The van der Waals surface area contributed by atoms with Crippen LogP contribution in [-0.2, 0) is 4.79 Å². The van der Waals surface area contributed by atoms with Crippen LogP contribution in [0, 0.1) is 6.92 Å². The molecule has 1 aromatic carbocycles. The van der Waals surface area contributed by atoms with Gasteiger partial charge in [0, 0.05) is 16.4 Å². The number of aromatic nitrogens is 3. The van der Waals surface area contributed by atoms with Gasteiger partial charge in [-0.1, -0.05) is 11.6 Å². The zero-order valence-electron chi connectivity index (χ0n) is 14.2. The molecule has 1 amide bonds. The van der Waals surface area contributed by atoms with Crippen molar-refractivity contribution in [1.29, 1.82) is 0 Å². The van der Waals surface area contributed by atoms with Crippen molar-refractivity contribution in [2.24, 2.45) is 0 Å². The van der Waals surface area contributed by atoms with Crippen LogP contribution in [0.5, 0.6) is 0 Å². The minimum atomic E-state index is -0.505. The van der Waals surface area contributed by atoms with Crippen LogP contribution in [0.25, 0.3) is 0 Å². The summed E-state index contributed by atoms with van der Waals surface area (Å²) in [4.78, 5) is 17.2. The first-order chi connectivity index (χ1) is 12.5. The van der Waals surface area contributed by atoms with Crippen molar-refractivity contribution in [3.05, 3.63) is 70.5 Å². The highest BCUT2D eigenvalue weighted by Gasteiger charge is 2.35. The van der Waals surface area contributed by atoms with Crippen LogP contribution in [0.2, 0.25) is 5.02 Å². The topological polar surface area (TPSA) is 85.0 Å². The van der Waals surface area contributed by atoms with Gasteiger partial charge in [0.25, 0.3) is 5.91 Å². The van der Waals surface area contributed by atoms with E-state index in [0.717, 1.165) is 5.76 Å². The second-order valence-corrected chi connectivity index (χ2v) is 6.44. The summed E-state index contributed by atoms with van der Waals surface area (Å²) >= 11 is 5.91. The second-order valence-electron chi connectivity index (χ2n) is 6.00. The van der Waals surface area contributed by atoms with E-state index in [1.54, 1.807) is 28.9 Å². The fourth-order valence-corrected chi connectivity index (χ4v) is 3.11. The number of nitrogens with zero attached hydrogens (tertiary/aromatic N) is 3. The van der Waals surface area contributed by atoms with Gasteiger partial charge in [0.15, 0.2) is 0 Å². The van der Waals surface area contributed by atoms with E-state index >= 15 is 0 Å². The zero-order chi connectivity index (χ0) is 18.3. The van der Waals surface area contributed by atoms with Crippen molar-refractivity contribution >= 4 is 29.1 Å². The maximum atomic E-state index is 13.0. The molecule has 3 heterocycles. The molecule has 7 nitrogen and oxygen atoms in total. The molecule has 0 spiro atoms. The highest BCUT2D eigenvalue weighted by molar-refractivity contribution is 6.30. The van der Waals surface area contributed by atoms with E-state index < -0.39 is 6.04 Å². The molecule has 26 heavy (non-hydrogen) atoms. The smallest absolute Gasteiger partial charge is 0.256 e. The number of hydrogen-bond donors (Lipinski definition) is 2. The van der Waals surface area contributed by atoms with E-state index in [9.17, 15) is 4.79 Å². The van der Waals surface area contributed by atoms with Gasteiger partial charge in [-0.15, -0.1) is 0 Å². The molecule has 0 saturated carbocycles. The number of rotatable bonds is 3. The summed E-state index contributed by atoms with van der Waals surface area (Å²) in [6, 6.07) is 10.1. The van der Waals surface area contributed by atoms with Gasteiger partial charge in [0.2, 0.25) is 5.95 Å². The molecule has 132 valence electrons. The number of nitrogens with one attached hydrogen (secondary N) is 2. The average Bonchev–Trinajstić information content (AvgIpc) is 3.24. The molecule has 1 atom stereocenters. The summed E-state index contributed by atoms with van der Waals surface area (Å²) in [6.07, 6.45) is 1.44. The fourth-order valence-electron chi connectivity index (χ4n) is 2.98. The maximum Gasteiger partial charge on any atom is 0.256 e. The summed E-state index contributed by atoms with van der Waals surface area (Å²) in [5.74, 6) is 1.69. The average molecular weight is 370 g/mol. The van der Waals surface area contributed by atoms with Gasteiger partial charge < -0.3 is 15.1 Å². The highest BCUT2D eigenvalue weighted by Crippen LogP contribution is 2.35. The molecule has 8 heteroatoms. The van der Waals surface area contributed by atoms with Crippen molar-refractivity contribution in [1.82, 2.24) is 14.8 Å². The number of anilines is 2. The predicted octanol–water partition coefficient (Wildman–Crippen LogP) is 3.76. The number of carbonyl (C=O) groups excluding carboxylic acids is 1. The minimum absolute atomic E-state index is 0.252. The summed E-state index contributed by atoms with van der Waals surface area (Å²) in [5.41, 5.74) is 1.85. The number of fused-ring (bicyclic) bond motifs is 1. The molecule has 3 aromatic rings. The van der Waals surface area contributed by atoms with Crippen LogP contribution in [-0.4, -0.2) is 20.7 Å². The lowest BCUT2D eigenvalue weighted by Gasteiger charge is -2.27. The molecule has 4 rings (SSSR count). The van der Waals surface area contributed by atoms with E-state index in [1.807, 2.05) is 26.0 Å². The highest BCUT2D eigenvalue weighted by atomic mass is 35.5. The number of amides is 1. The Morgan fingerprint density at radius 1 is 1.23 bits per heavy atom. The first-order valence-electron chi connectivity index (χ1n) is 8.03. The number of carbonyl (C=O) groups is 1. The third-order valence-electron chi connectivity index (χ3n) is 4.17. The summed E-state index contributed by atoms with van der Waals surface area (Å²) < 4.78 is 7.44. The van der Waals surface area contributed by atoms with Gasteiger partial charge in [-0.25, -0.2) is 4.68 Å². The Labute approximate surface area is 154 Å². The summed E-state index contributed by atoms with van der Waals surface area (Å²) in [6.45, 7) is 3.69. The fraction of sp³-hybridized carbons (Fsp3) is 0.167. The van der Waals surface area contributed by atoms with Gasteiger partial charge in [-0.05, 0) is 50.2 Å². The van der Waals surface area contributed by atoms with Crippen LogP contribution in [0.1, 0.15) is 24.5 Å². The van der Waals surface area contributed by atoms with Gasteiger partial charge in [-0.2, -0.15) is 10.1 Å². The number of aryl methyl sites for hydroxylation is 1. The van der Waals surface area contributed by atoms with Crippen LogP contribution in [0.4, 0.5) is 11.6 Å². The molecule has 0 bridgehead atoms. The standard InChI is InChI=1S/C18H16ClN5O2/c1-10-3-8-14(26-10)16-15(11(2)22-18-20-9-21-24(16)18)17(25)23-13-6-4-12(19)5-7-13/h3-9,16H,1-2H3,(H,23,25)(H,20,21,22). The molecular formula is C18H16ClN5O2. The maximum absolute atomic E-state index is 13.0. The molecule has 2 aromatic heterocycles. The van der Waals surface area contributed by atoms with Crippen molar-refractivity contribution in [3.63, 3.8) is 0 Å². The minimum Gasteiger partial charge on any atom is -0.464 e. The first-order valence-corrected chi connectivity index (χ1v) is 8.41. The van der Waals surface area contributed by atoms with E-state index in [1.165, 1.54) is 6.33 Å². The van der Waals surface area contributed by atoms with Gasteiger partial charge in [0.1, 0.15) is 23.9 Å². The van der Waals surface area contributed by atoms with Gasteiger partial charge in [0.05, 0.1) is 5.57 Å². The third kappa shape index (κ3) is 2.86. The lowest BCUT2D eigenvalue weighted by molar-refractivity contribution is -0.113. The Hall–Kier alpha value is -3.06. The SMILES string of the molecule is CC1=C(C(=O)Nc2ccc(Cl)cc2)C(c2ccc(C)o2)n2ncnc2N1. The first kappa shape index (κ1) is 16.4. The molecule has 1 aliphatic rings. The Kier molecular flexibility index (Phi) is 4.00. The molecule has 0 saturated heterocycles. The van der Waals surface area contributed by atoms with E-state index in [0.29, 0.717) is 33.7 Å². The monoisotopic (exact) mass is 369 g/mol. The van der Waals surface area contributed by atoms with E-state index in [-0.39, 0.29) is 5.91 Å². The molecule has 1 unspecified atom stereocenters. The predicted molar refractivity (Wildman–Crippen MR) is 98.0 cm³/mol. The van der Waals surface area contributed by atoms with E-state index in [4.69, 9.17) is 16.0 Å². The van der Waals surface area contributed by atoms with Gasteiger partial charge >= 0.3 is 0 Å². The number of hydrogen-bond acceptors (Lipinski definition) is 5. The van der Waals surface area contributed by atoms with E-state index in [2.05, 4.69) is 20.7 Å². The quantitative estimate of drug-likeness (QED) is 0.734. The Bertz CT molecular complexity index is 1000. The Balaban J connectivity index is 1.74. The molecular weight excluding hydrogens is 354 g/mol. The number of allylic oxidation sites excluding steroid dienone is 1.